The van der Waals surface area contributed by atoms with Crippen molar-refractivity contribution in [3.05, 3.63) is 54.2 Å². The smallest absolute Gasteiger partial charge is 0.0783 e. The second kappa shape index (κ2) is 4.17. The topological polar surface area (TPSA) is 12.9 Å². The van der Waals surface area contributed by atoms with Crippen molar-refractivity contribution in [3.63, 3.8) is 0 Å². The van der Waals surface area contributed by atoms with Crippen LogP contribution in [0.4, 0.5) is 0 Å². The maximum atomic E-state index is 4.79. The zero-order valence-corrected chi connectivity index (χ0v) is 9.98. The molecule has 0 aliphatic rings. The molecule has 0 saturated carbocycles. The van der Waals surface area contributed by atoms with Crippen molar-refractivity contribution in [1.29, 1.82) is 0 Å². The van der Waals surface area contributed by atoms with E-state index in [0.717, 1.165) is 18.4 Å². The summed E-state index contributed by atoms with van der Waals surface area (Å²) < 4.78 is 0. The number of aryl methyl sites for hydroxylation is 1. The van der Waals surface area contributed by atoms with E-state index in [0.29, 0.717) is 0 Å². The summed E-state index contributed by atoms with van der Waals surface area (Å²) in [5, 5.41) is 3.74. The third-order valence-electron chi connectivity index (χ3n) is 3.15. The number of hydrogen-bond acceptors (Lipinski definition) is 1. The first-order chi connectivity index (χ1) is 8.38. The molecule has 0 unspecified atom stereocenters. The molecule has 0 N–H and O–H groups in total. The van der Waals surface area contributed by atoms with Gasteiger partial charge in [-0.15, -0.1) is 0 Å². The van der Waals surface area contributed by atoms with Gasteiger partial charge in [-0.3, -0.25) is 4.98 Å². The van der Waals surface area contributed by atoms with Gasteiger partial charge in [0.05, 0.1) is 5.52 Å². The van der Waals surface area contributed by atoms with Crippen LogP contribution >= 0.6 is 0 Å². The summed E-state index contributed by atoms with van der Waals surface area (Å²) in [4.78, 5) is 4.79. The minimum Gasteiger partial charge on any atom is -0.252 e. The number of pyridine rings is 1. The average molecular weight is 221 g/mol. The Labute approximate surface area is 101 Å². The second-order valence-corrected chi connectivity index (χ2v) is 4.41. The zero-order chi connectivity index (χ0) is 11.7. The first-order valence-electron chi connectivity index (χ1n) is 6.16. The van der Waals surface area contributed by atoms with E-state index < -0.39 is 0 Å². The van der Waals surface area contributed by atoms with E-state index in [2.05, 4.69) is 55.5 Å². The lowest BCUT2D eigenvalue weighted by Crippen LogP contribution is -1.90. The van der Waals surface area contributed by atoms with E-state index in [4.69, 9.17) is 4.98 Å². The maximum absolute atomic E-state index is 4.79. The van der Waals surface area contributed by atoms with Crippen LogP contribution in [-0.2, 0) is 6.42 Å². The maximum Gasteiger partial charge on any atom is 0.0783 e. The highest BCUT2D eigenvalue weighted by molar-refractivity contribution is 6.05. The van der Waals surface area contributed by atoms with Gasteiger partial charge in [0.25, 0.3) is 0 Å². The van der Waals surface area contributed by atoms with Crippen LogP contribution in [0.5, 0.6) is 0 Å². The third kappa shape index (κ3) is 1.78. The van der Waals surface area contributed by atoms with E-state index >= 15 is 0 Å². The van der Waals surface area contributed by atoms with Crippen molar-refractivity contribution in [2.24, 2.45) is 0 Å². The summed E-state index contributed by atoms with van der Waals surface area (Å²) in [6.07, 6.45) is 2.20. The van der Waals surface area contributed by atoms with Gasteiger partial charge in [0.2, 0.25) is 0 Å². The van der Waals surface area contributed by atoms with Crippen LogP contribution in [0.3, 0.4) is 0 Å². The van der Waals surface area contributed by atoms with Crippen LogP contribution in [-0.4, -0.2) is 4.98 Å². The molecule has 0 aliphatic heterocycles. The summed E-state index contributed by atoms with van der Waals surface area (Å²) in [5.41, 5.74) is 2.32. The van der Waals surface area contributed by atoms with E-state index in [1.165, 1.54) is 21.9 Å². The minimum absolute atomic E-state index is 1.05. The minimum atomic E-state index is 1.05. The lowest BCUT2D eigenvalue weighted by Gasteiger charge is -2.05. The molecule has 3 aromatic rings. The molecule has 0 bridgehead atoms. The van der Waals surface area contributed by atoms with Crippen molar-refractivity contribution >= 4 is 21.7 Å². The molecule has 0 fully saturated rings. The summed E-state index contributed by atoms with van der Waals surface area (Å²) >= 11 is 0. The molecule has 0 spiro atoms. The summed E-state index contributed by atoms with van der Waals surface area (Å²) in [5.74, 6) is 0. The Morgan fingerprint density at radius 1 is 0.882 bits per heavy atom. The van der Waals surface area contributed by atoms with E-state index in [1.54, 1.807) is 0 Å². The Morgan fingerprint density at radius 3 is 2.53 bits per heavy atom. The predicted molar refractivity (Wildman–Crippen MR) is 73.2 cm³/mol. The molecule has 2 aromatic carbocycles. The normalized spacial score (nSPS) is 11.1. The van der Waals surface area contributed by atoms with E-state index in [-0.39, 0.29) is 0 Å². The molecule has 17 heavy (non-hydrogen) atoms. The quantitative estimate of drug-likeness (QED) is 0.586. The Bertz CT molecular complexity index is 670. The van der Waals surface area contributed by atoms with Crippen LogP contribution < -0.4 is 0 Å². The van der Waals surface area contributed by atoms with Crippen LogP contribution in [0, 0.1) is 0 Å². The molecule has 3 rings (SSSR count). The van der Waals surface area contributed by atoms with Crippen LogP contribution in [0.2, 0.25) is 0 Å². The number of fused-ring (bicyclic) bond motifs is 3. The van der Waals surface area contributed by atoms with Crippen molar-refractivity contribution in [1.82, 2.24) is 4.98 Å². The molecular weight excluding hydrogens is 206 g/mol. The number of aromatic nitrogens is 1. The lowest BCUT2D eigenvalue weighted by atomic mass is 10.1. The van der Waals surface area contributed by atoms with Gasteiger partial charge in [0.15, 0.2) is 0 Å². The SMILES string of the molecule is CCCc1ccc2ccc3ccccc3c2n1. The molecule has 0 saturated heterocycles. The average Bonchev–Trinajstić information content (AvgIpc) is 2.39. The first kappa shape index (κ1) is 10.3. The zero-order valence-electron chi connectivity index (χ0n) is 9.98. The van der Waals surface area contributed by atoms with E-state index in [9.17, 15) is 0 Å². The van der Waals surface area contributed by atoms with Crippen LogP contribution in [0.25, 0.3) is 21.7 Å². The standard InChI is InChI=1S/C16H15N/c1-2-5-14-11-10-13-9-8-12-6-3-4-7-15(12)16(13)17-14/h3-4,6-11H,2,5H2,1H3. The molecule has 0 radical (unpaired) electrons. The first-order valence-corrected chi connectivity index (χ1v) is 6.16. The van der Waals surface area contributed by atoms with Gasteiger partial charge < -0.3 is 0 Å². The molecule has 0 amide bonds. The molecule has 0 aliphatic carbocycles. The highest BCUT2D eigenvalue weighted by Crippen LogP contribution is 2.24. The Morgan fingerprint density at radius 2 is 1.65 bits per heavy atom. The van der Waals surface area contributed by atoms with Gasteiger partial charge in [-0.2, -0.15) is 0 Å². The van der Waals surface area contributed by atoms with Gasteiger partial charge >= 0.3 is 0 Å². The number of rotatable bonds is 2. The van der Waals surface area contributed by atoms with Crippen LogP contribution in [0.15, 0.2) is 48.5 Å². The third-order valence-corrected chi connectivity index (χ3v) is 3.15. The Balaban J connectivity index is 2.34. The number of hydrogen-bond donors (Lipinski definition) is 0. The van der Waals surface area contributed by atoms with Crippen molar-refractivity contribution < 1.29 is 0 Å². The van der Waals surface area contributed by atoms with E-state index in [1.807, 2.05) is 0 Å². The van der Waals surface area contributed by atoms with Gasteiger partial charge in [-0.1, -0.05) is 55.8 Å². The van der Waals surface area contributed by atoms with Gasteiger partial charge in [0.1, 0.15) is 0 Å². The van der Waals surface area contributed by atoms with Crippen molar-refractivity contribution in [3.8, 4) is 0 Å². The summed E-state index contributed by atoms with van der Waals surface area (Å²) in [7, 11) is 0. The van der Waals surface area contributed by atoms with Gasteiger partial charge in [-0.05, 0) is 17.9 Å². The summed E-state index contributed by atoms with van der Waals surface area (Å²) in [6.45, 7) is 2.19. The highest BCUT2D eigenvalue weighted by atomic mass is 14.7. The Kier molecular flexibility index (Phi) is 2.52. The van der Waals surface area contributed by atoms with Crippen LogP contribution in [0.1, 0.15) is 19.0 Å². The molecule has 84 valence electrons. The second-order valence-electron chi connectivity index (χ2n) is 4.41. The van der Waals surface area contributed by atoms with Crippen molar-refractivity contribution in [2.75, 3.05) is 0 Å². The molecular formula is C16H15N. The fraction of sp³-hybridized carbons (Fsp3) is 0.188. The van der Waals surface area contributed by atoms with Gasteiger partial charge in [-0.25, -0.2) is 0 Å². The molecule has 1 heteroatoms. The largest absolute Gasteiger partial charge is 0.252 e. The lowest BCUT2D eigenvalue weighted by molar-refractivity contribution is 0.890. The fourth-order valence-electron chi connectivity index (χ4n) is 2.29. The Hall–Kier alpha value is -1.89. The summed E-state index contributed by atoms with van der Waals surface area (Å²) in [6, 6.07) is 17.1. The fourth-order valence-corrected chi connectivity index (χ4v) is 2.29. The highest BCUT2D eigenvalue weighted by Gasteiger charge is 2.02. The van der Waals surface area contributed by atoms with Gasteiger partial charge in [0, 0.05) is 16.5 Å². The molecule has 1 nitrogen and oxygen atoms in total. The molecule has 1 aromatic heterocycles. The monoisotopic (exact) mass is 221 g/mol. The van der Waals surface area contributed by atoms with Crippen molar-refractivity contribution in [2.45, 2.75) is 19.8 Å². The molecule has 1 heterocycles. The predicted octanol–water partition coefficient (Wildman–Crippen LogP) is 4.34. The number of benzene rings is 2. The number of nitrogens with zero attached hydrogens (tertiary/aromatic N) is 1. The molecule has 0 atom stereocenters.